The zero-order chi connectivity index (χ0) is 13.3. The minimum Gasteiger partial charge on any atom is -0.381 e. The Morgan fingerprint density at radius 1 is 1.42 bits per heavy atom. The smallest absolute Gasteiger partial charge is 0.100 e. The van der Waals surface area contributed by atoms with Gasteiger partial charge < -0.3 is 9.47 Å². The van der Waals surface area contributed by atoms with E-state index in [2.05, 4.69) is 10.3 Å². The van der Waals surface area contributed by atoms with Crippen LogP contribution in [0.2, 0.25) is 0 Å². The Balaban J connectivity index is 1.73. The van der Waals surface area contributed by atoms with Gasteiger partial charge >= 0.3 is 0 Å². The van der Waals surface area contributed by atoms with Gasteiger partial charge in [0, 0.05) is 19.8 Å². The van der Waals surface area contributed by atoms with Crippen molar-refractivity contribution in [1.82, 2.24) is 15.0 Å². The second-order valence-electron chi connectivity index (χ2n) is 5.53. The van der Waals surface area contributed by atoms with Gasteiger partial charge in [0.2, 0.25) is 0 Å². The van der Waals surface area contributed by atoms with Crippen molar-refractivity contribution in [3.8, 4) is 0 Å². The molecule has 2 fully saturated rings. The summed E-state index contributed by atoms with van der Waals surface area (Å²) in [6.45, 7) is 4.30. The molecule has 3 rings (SSSR count). The molecule has 0 amide bonds. The molecule has 0 saturated carbocycles. The average Bonchev–Trinajstić information content (AvgIpc) is 2.89. The lowest BCUT2D eigenvalue weighted by atomic mass is 9.84. The summed E-state index contributed by atoms with van der Waals surface area (Å²) in [6, 6.07) is 0.364. The molecule has 1 spiro atoms. The molecule has 2 atom stereocenters. The highest BCUT2D eigenvalue weighted by Gasteiger charge is 2.39. The number of rotatable bonds is 2. The Hall–Kier alpha value is -0.650. The van der Waals surface area contributed by atoms with Crippen LogP contribution in [0.1, 0.15) is 49.7 Å². The number of hydrogen-bond donors (Lipinski definition) is 0. The number of ether oxygens (including phenoxy) is 2. The zero-order valence-corrected chi connectivity index (χ0v) is 12.0. The van der Waals surface area contributed by atoms with E-state index in [1.807, 2.05) is 17.8 Å². The van der Waals surface area contributed by atoms with Crippen LogP contribution in [0.25, 0.3) is 0 Å². The van der Waals surface area contributed by atoms with Gasteiger partial charge in [-0.25, -0.2) is 4.68 Å². The zero-order valence-electron chi connectivity index (χ0n) is 11.2. The van der Waals surface area contributed by atoms with Crippen LogP contribution in [0.15, 0.2) is 6.20 Å². The molecule has 0 radical (unpaired) electrons. The third-order valence-corrected chi connectivity index (χ3v) is 4.40. The number of alkyl halides is 1. The van der Waals surface area contributed by atoms with Crippen molar-refractivity contribution in [3.05, 3.63) is 11.9 Å². The fourth-order valence-corrected chi connectivity index (χ4v) is 3.07. The normalized spacial score (nSPS) is 28.4. The first-order valence-corrected chi connectivity index (χ1v) is 7.40. The van der Waals surface area contributed by atoms with Crippen LogP contribution in [-0.2, 0) is 9.47 Å². The summed E-state index contributed by atoms with van der Waals surface area (Å²) in [5.74, 6) is 0. The van der Waals surface area contributed by atoms with Gasteiger partial charge in [-0.2, -0.15) is 0 Å². The van der Waals surface area contributed by atoms with Crippen LogP contribution < -0.4 is 0 Å². The number of hydrogen-bond acceptors (Lipinski definition) is 4. The fourth-order valence-electron chi connectivity index (χ4n) is 2.97. The van der Waals surface area contributed by atoms with Crippen molar-refractivity contribution in [1.29, 1.82) is 0 Å². The van der Waals surface area contributed by atoms with E-state index in [4.69, 9.17) is 21.1 Å². The molecule has 2 aliphatic rings. The van der Waals surface area contributed by atoms with Crippen LogP contribution in [0.5, 0.6) is 0 Å². The number of halogens is 1. The Morgan fingerprint density at radius 2 is 2.21 bits per heavy atom. The highest BCUT2D eigenvalue weighted by Crippen LogP contribution is 2.38. The van der Waals surface area contributed by atoms with Crippen molar-refractivity contribution in [2.24, 2.45) is 0 Å². The molecule has 6 heteroatoms. The van der Waals surface area contributed by atoms with Crippen molar-refractivity contribution in [3.63, 3.8) is 0 Å². The molecule has 106 valence electrons. The third kappa shape index (κ3) is 2.78. The Morgan fingerprint density at radius 3 is 2.89 bits per heavy atom. The standard InChI is InChI=1S/C13H20ClN3O2/c1-10(14)12-9-17(16-15-12)11-2-5-19-13(8-11)3-6-18-7-4-13/h9-11H,2-8H2,1H3. The second kappa shape index (κ2) is 5.38. The van der Waals surface area contributed by atoms with Crippen LogP contribution in [0.4, 0.5) is 0 Å². The van der Waals surface area contributed by atoms with E-state index in [9.17, 15) is 0 Å². The van der Waals surface area contributed by atoms with E-state index in [1.165, 1.54) is 0 Å². The van der Waals surface area contributed by atoms with E-state index in [-0.39, 0.29) is 11.0 Å². The Bertz CT molecular complexity index is 424. The molecule has 1 aromatic heterocycles. The highest BCUT2D eigenvalue weighted by atomic mass is 35.5. The van der Waals surface area contributed by atoms with Gasteiger partial charge in [0.1, 0.15) is 5.69 Å². The van der Waals surface area contributed by atoms with Crippen molar-refractivity contribution in [2.75, 3.05) is 19.8 Å². The summed E-state index contributed by atoms with van der Waals surface area (Å²) in [6.07, 6.45) is 5.92. The van der Waals surface area contributed by atoms with Crippen molar-refractivity contribution < 1.29 is 9.47 Å². The third-order valence-electron chi connectivity index (χ3n) is 4.18. The predicted molar refractivity (Wildman–Crippen MR) is 71.3 cm³/mol. The first-order valence-electron chi connectivity index (χ1n) is 6.96. The summed E-state index contributed by atoms with van der Waals surface area (Å²) < 4.78 is 13.5. The van der Waals surface area contributed by atoms with Gasteiger partial charge in [-0.1, -0.05) is 5.21 Å². The predicted octanol–water partition coefficient (Wildman–Crippen LogP) is 2.48. The molecule has 19 heavy (non-hydrogen) atoms. The minimum atomic E-state index is -0.0920. The molecule has 1 aromatic rings. The second-order valence-corrected chi connectivity index (χ2v) is 6.18. The molecule has 2 aliphatic heterocycles. The molecule has 0 aromatic carbocycles. The van der Waals surface area contributed by atoms with E-state index < -0.39 is 0 Å². The van der Waals surface area contributed by atoms with Crippen molar-refractivity contribution >= 4 is 11.6 Å². The average molecular weight is 286 g/mol. The monoisotopic (exact) mass is 285 g/mol. The van der Waals surface area contributed by atoms with E-state index in [0.717, 1.165) is 51.2 Å². The van der Waals surface area contributed by atoms with Crippen LogP contribution in [-0.4, -0.2) is 40.4 Å². The summed E-state index contributed by atoms with van der Waals surface area (Å²) in [7, 11) is 0. The molecule has 0 bridgehead atoms. The Kier molecular flexibility index (Phi) is 3.78. The topological polar surface area (TPSA) is 49.2 Å². The summed E-state index contributed by atoms with van der Waals surface area (Å²) in [4.78, 5) is 0. The molecule has 5 nitrogen and oxygen atoms in total. The van der Waals surface area contributed by atoms with E-state index in [1.54, 1.807) is 0 Å². The van der Waals surface area contributed by atoms with Crippen LogP contribution >= 0.6 is 11.6 Å². The van der Waals surface area contributed by atoms with Gasteiger partial charge in [0.05, 0.1) is 23.2 Å². The van der Waals surface area contributed by atoms with Gasteiger partial charge in [-0.15, -0.1) is 16.7 Å². The van der Waals surface area contributed by atoms with Crippen LogP contribution in [0.3, 0.4) is 0 Å². The van der Waals surface area contributed by atoms with Gasteiger partial charge in [0.25, 0.3) is 0 Å². The molecule has 2 saturated heterocycles. The lowest BCUT2D eigenvalue weighted by Crippen LogP contribution is -2.44. The molecular formula is C13H20ClN3O2. The van der Waals surface area contributed by atoms with Gasteiger partial charge in [-0.3, -0.25) is 0 Å². The Labute approximate surface area is 118 Å². The SMILES string of the molecule is CC(Cl)c1cn(C2CCOC3(CCOCC3)C2)nn1. The maximum atomic E-state index is 6.04. The highest BCUT2D eigenvalue weighted by molar-refractivity contribution is 6.20. The van der Waals surface area contributed by atoms with Gasteiger partial charge in [-0.05, 0) is 32.6 Å². The number of aromatic nitrogens is 3. The van der Waals surface area contributed by atoms with E-state index in [0.29, 0.717) is 6.04 Å². The molecular weight excluding hydrogens is 266 g/mol. The maximum absolute atomic E-state index is 6.04. The molecule has 2 unspecified atom stereocenters. The lowest BCUT2D eigenvalue weighted by molar-refractivity contribution is -0.145. The maximum Gasteiger partial charge on any atom is 0.100 e. The summed E-state index contributed by atoms with van der Waals surface area (Å²) in [5, 5.41) is 8.28. The van der Waals surface area contributed by atoms with Gasteiger partial charge in [0.15, 0.2) is 0 Å². The minimum absolute atomic E-state index is 0.0140. The molecule has 0 aliphatic carbocycles. The quantitative estimate of drug-likeness (QED) is 0.783. The molecule has 3 heterocycles. The lowest BCUT2D eigenvalue weighted by Gasteiger charge is -2.43. The first kappa shape index (κ1) is 13.3. The summed E-state index contributed by atoms with van der Waals surface area (Å²) in [5.41, 5.74) is 0.828. The first-order chi connectivity index (χ1) is 9.19. The summed E-state index contributed by atoms with van der Waals surface area (Å²) >= 11 is 6.04. The molecule has 0 N–H and O–H groups in total. The largest absolute Gasteiger partial charge is 0.381 e. The van der Waals surface area contributed by atoms with E-state index >= 15 is 0 Å². The fraction of sp³-hybridized carbons (Fsp3) is 0.846. The van der Waals surface area contributed by atoms with Crippen LogP contribution in [0, 0.1) is 0 Å². The number of nitrogens with zero attached hydrogens (tertiary/aromatic N) is 3. The van der Waals surface area contributed by atoms with Crippen molar-refractivity contribution in [2.45, 2.75) is 49.6 Å².